The van der Waals surface area contributed by atoms with Crippen molar-refractivity contribution in [3.05, 3.63) is 279 Å². The van der Waals surface area contributed by atoms with Crippen molar-refractivity contribution in [1.82, 2.24) is 0 Å². The van der Waals surface area contributed by atoms with Crippen LogP contribution in [0.2, 0.25) is 0 Å². The van der Waals surface area contributed by atoms with Crippen molar-refractivity contribution in [3.8, 4) is 44.5 Å². The van der Waals surface area contributed by atoms with Crippen LogP contribution in [0, 0.1) is 0 Å². The van der Waals surface area contributed by atoms with Crippen LogP contribution in [0.5, 0.6) is 0 Å². The van der Waals surface area contributed by atoms with E-state index in [-0.39, 0.29) is 0 Å². The van der Waals surface area contributed by atoms with Gasteiger partial charge in [-0.25, -0.2) is 0 Å². The second kappa shape index (κ2) is 17.8. The van der Waals surface area contributed by atoms with E-state index in [4.69, 9.17) is 0 Å². The quantitative estimate of drug-likeness (QED) is 0.135. The number of hydrogen-bond acceptors (Lipinski definition) is 2. The van der Waals surface area contributed by atoms with Gasteiger partial charge in [-0.3, -0.25) is 0 Å². The first-order chi connectivity index (χ1) is 33.7. The summed E-state index contributed by atoms with van der Waals surface area (Å²) in [4.78, 5) is 4.72. The SMILES string of the molecule is c1ccc(-c2ccc(N(c3ccc(-c4cccc5cccc(-c6ccc(N(c7ccc(-c8ccccc8)cc7)c7ccc8ccccc8c7)cc6)c45)cc3)c3ccc4ccccc4c3)cc2)cc1. The van der Waals surface area contributed by atoms with Crippen LogP contribution in [-0.2, 0) is 0 Å². The maximum absolute atomic E-state index is 2.36. The molecule has 0 saturated carbocycles. The summed E-state index contributed by atoms with van der Waals surface area (Å²) in [6, 6.07) is 101. The molecule has 320 valence electrons. The molecule has 68 heavy (non-hydrogen) atoms. The predicted octanol–water partition coefficient (Wildman–Crippen LogP) is 18.8. The first-order valence-corrected chi connectivity index (χ1v) is 23.3. The molecular formula is C66H46N2. The third-order valence-electron chi connectivity index (χ3n) is 13.2. The summed E-state index contributed by atoms with van der Waals surface area (Å²) in [7, 11) is 0. The van der Waals surface area contributed by atoms with Crippen LogP contribution in [0.3, 0.4) is 0 Å². The fourth-order valence-electron chi connectivity index (χ4n) is 9.80. The molecule has 12 aromatic carbocycles. The van der Waals surface area contributed by atoms with Gasteiger partial charge in [0.1, 0.15) is 0 Å². The lowest BCUT2D eigenvalue weighted by molar-refractivity contribution is 1.29. The first kappa shape index (κ1) is 40.5. The van der Waals surface area contributed by atoms with Crippen molar-refractivity contribution in [3.63, 3.8) is 0 Å². The molecule has 0 spiro atoms. The van der Waals surface area contributed by atoms with E-state index < -0.39 is 0 Å². The molecule has 0 saturated heterocycles. The fourth-order valence-corrected chi connectivity index (χ4v) is 9.80. The monoisotopic (exact) mass is 866 g/mol. The molecule has 12 aromatic rings. The Bertz CT molecular complexity index is 3450. The Balaban J connectivity index is 0.907. The minimum atomic E-state index is 1.10. The molecule has 0 heterocycles. The second-order valence-corrected chi connectivity index (χ2v) is 17.4. The summed E-state index contributed by atoms with van der Waals surface area (Å²) in [6.45, 7) is 0. The van der Waals surface area contributed by atoms with Crippen molar-refractivity contribution in [2.75, 3.05) is 9.80 Å². The topological polar surface area (TPSA) is 6.48 Å². The van der Waals surface area contributed by atoms with Crippen LogP contribution in [0.25, 0.3) is 76.8 Å². The van der Waals surface area contributed by atoms with Gasteiger partial charge in [-0.2, -0.15) is 0 Å². The predicted molar refractivity (Wildman–Crippen MR) is 290 cm³/mol. The van der Waals surface area contributed by atoms with Gasteiger partial charge in [-0.15, -0.1) is 0 Å². The highest BCUT2D eigenvalue weighted by Gasteiger charge is 2.18. The molecule has 0 aliphatic rings. The van der Waals surface area contributed by atoms with Crippen molar-refractivity contribution in [2.45, 2.75) is 0 Å². The zero-order valence-electron chi connectivity index (χ0n) is 37.5. The molecule has 0 aliphatic carbocycles. The molecule has 0 fully saturated rings. The highest BCUT2D eigenvalue weighted by atomic mass is 15.1. The lowest BCUT2D eigenvalue weighted by Crippen LogP contribution is -2.10. The van der Waals surface area contributed by atoms with Crippen molar-refractivity contribution < 1.29 is 0 Å². The Morgan fingerprint density at radius 1 is 0.176 bits per heavy atom. The Kier molecular flexibility index (Phi) is 10.6. The van der Waals surface area contributed by atoms with E-state index in [1.165, 1.54) is 76.8 Å². The minimum Gasteiger partial charge on any atom is -0.310 e. The molecule has 0 aromatic heterocycles. The third kappa shape index (κ3) is 7.85. The van der Waals surface area contributed by atoms with Crippen molar-refractivity contribution >= 4 is 66.4 Å². The standard InChI is InChI=1S/C66H46N2/c1-3-13-47(14-4-1)51-25-35-58(36-26-51)67(62-43-29-49-17-7-9-19-56(49)45-62)60-39-31-53(32-40-60)64-23-11-21-55-22-12-24-65(66(55)64)54-33-41-61(42-34-54)68(63-44-30-50-18-8-10-20-57(50)46-63)59-37-27-52(28-38-59)48-15-5-2-6-16-48/h1-46H. The van der Waals surface area contributed by atoms with Gasteiger partial charge < -0.3 is 9.80 Å². The van der Waals surface area contributed by atoms with Crippen molar-refractivity contribution in [2.24, 2.45) is 0 Å². The van der Waals surface area contributed by atoms with Crippen LogP contribution >= 0.6 is 0 Å². The van der Waals surface area contributed by atoms with Crippen LogP contribution < -0.4 is 9.80 Å². The second-order valence-electron chi connectivity index (χ2n) is 17.4. The zero-order valence-corrected chi connectivity index (χ0v) is 37.5. The van der Waals surface area contributed by atoms with Gasteiger partial charge in [0.05, 0.1) is 0 Å². The first-order valence-electron chi connectivity index (χ1n) is 23.3. The molecule has 0 atom stereocenters. The molecule has 0 amide bonds. The number of nitrogens with zero attached hydrogens (tertiary/aromatic N) is 2. The van der Waals surface area contributed by atoms with Gasteiger partial charge in [0.25, 0.3) is 0 Å². The van der Waals surface area contributed by atoms with Gasteiger partial charge >= 0.3 is 0 Å². The Labute approximate surface area is 397 Å². The number of rotatable bonds is 10. The Morgan fingerprint density at radius 2 is 0.471 bits per heavy atom. The lowest BCUT2D eigenvalue weighted by Gasteiger charge is -2.26. The van der Waals surface area contributed by atoms with E-state index in [1.807, 2.05) is 0 Å². The van der Waals surface area contributed by atoms with Gasteiger partial charge in [0, 0.05) is 34.1 Å². The number of anilines is 6. The van der Waals surface area contributed by atoms with Gasteiger partial charge in [0.15, 0.2) is 0 Å². The maximum atomic E-state index is 2.36. The average Bonchev–Trinajstić information content (AvgIpc) is 3.42. The van der Waals surface area contributed by atoms with E-state index in [0.717, 1.165) is 34.1 Å². The van der Waals surface area contributed by atoms with E-state index in [1.54, 1.807) is 0 Å². The fraction of sp³-hybridized carbons (Fsp3) is 0. The average molecular weight is 867 g/mol. The molecule has 12 rings (SSSR count). The zero-order chi connectivity index (χ0) is 45.2. The summed E-state index contributed by atoms with van der Waals surface area (Å²) < 4.78 is 0. The van der Waals surface area contributed by atoms with Gasteiger partial charge in [-0.1, -0.05) is 206 Å². The summed E-state index contributed by atoms with van der Waals surface area (Å²) in [6.07, 6.45) is 0. The molecule has 0 radical (unpaired) electrons. The lowest BCUT2D eigenvalue weighted by atomic mass is 9.91. The summed E-state index contributed by atoms with van der Waals surface area (Å²) in [5.74, 6) is 0. The third-order valence-corrected chi connectivity index (χ3v) is 13.2. The molecular weight excluding hydrogens is 821 g/mol. The van der Waals surface area contributed by atoms with E-state index in [2.05, 4.69) is 289 Å². The van der Waals surface area contributed by atoms with Crippen molar-refractivity contribution in [1.29, 1.82) is 0 Å². The number of fused-ring (bicyclic) bond motifs is 3. The minimum absolute atomic E-state index is 1.10. The highest BCUT2D eigenvalue weighted by molar-refractivity contribution is 6.07. The molecule has 2 heteroatoms. The maximum Gasteiger partial charge on any atom is 0.0468 e. The van der Waals surface area contributed by atoms with E-state index >= 15 is 0 Å². The van der Waals surface area contributed by atoms with E-state index in [0.29, 0.717) is 0 Å². The van der Waals surface area contributed by atoms with Crippen LogP contribution in [0.4, 0.5) is 34.1 Å². The summed E-state index contributed by atoms with van der Waals surface area (Å²) in [5.41, 5.74) is 16.2. The largest absolute Gasteiger partial charge is 0.310 e. The molecule has 0 aliphatic heterocycles. The summed E-state index contributed by atoms with van der Waals surface area (Å²) >= 11 is 0. The Morgan fingerprint density at radius 3 is 0.853 bits per heavy atom. The van der Waals surface area contributed by atoms with Gasteiger partial charge in [0.2, 0.25) is 0 Å². The smallest absolute Gasteiger partial charge is 0.0468 e. The molecule has 0 N–H and O–H groups in total. The molecule has 0 unspecified atom stereocenters. The van der Waals surface area contributed by atoms with Gasteiger partial charge in [-0.05, 0) is 150 Å². The van der Waals surface area contributed by atoms with Crippen LogP contribution in [0.15, 0.2) is 279 Å². The van der Waals surface area contributed by atoms with Crippen LogP contribution in [-0.4, -0.2) is 0 Å². The van der Waals surface area contributed by atoms with Crippen LogP contribution in [0.1, 0.15) is 0 Å². The van der Waals surface area contributed by atoms with E-state index in [9.17, 15) is 0 Å². The highest BCUT2D eigenvalue weighted by Crippen LogP contribution is 2.43. The molecule has 2 nitrogen and oxygen atoms in total. The Hall–Kier alpha value is -8.98. The molecule has 0 bridgehead atoms. The normalized spacial score (nSPS) is 11.2. The number of benzene rings is 12. The number of hydrogen-bond donors (Lipinski definition) is 0. The summed E-state index contributed by atoms with van der Waals surface area (Å²) in [5, 5.41) is 7.32.